The molecule has 1 saturated heterocycles. The van der Waals surface area contributed by atoms with Gasteiger partial charge in [0.2, 0.25) is 0 Å². The van der Waals surface area contributed by atoms with Crippen molar-refractivity contribution in [2.24, 2.45) is 0 Å². The highest BCUT2D eigenvalue weighted by molar-refractivity contribution is 7.13. The lowest BCUT2D eigenvalue weighted by Gasteiger charge is -2.32. The number of carbonyl (C=O) groups is 2. The summed E-state index contributed by atoms with van der Waals surface area (Å²) in [5.74, 6) is -0.356. The zero-order chi connectivity index (χ0) is 20.0. The molecule has 0 saturated carbocycles. The van der Waals surface area contributed by atoms with E-state index < -0.39 is 0 Å². The Morgan fingerprint density at radius 2 is 1.66 bits per heavy atom. The highest BCUT2D eigenvalue weighted by atomic mass is 32.1. The van der Waals surface area contributed by atoms with Crippen LogP contribution in [0.3, 0.4) is 0 Å². The third-order valence-electron chi connectivity index (χ3n) is 5.97. The molecule has 5 rings (SSSR count). The van der Waals surface area contributed by atoms with E-state index in [0.29, 0.717) is 29.6 Å². The predicted molar refractivity (Wildman–Crippen MR) is 110 cm³/mol. The summed E-state index contributed by atoms with van der Waals surface area (Å²) in [5.41, 5.74) is 1.87. The summed E-state index contributed by atoms with van der Waals surface area (Å²) in [6, 6.07) is 12.1. The van der Waals surface area contributed by atoms with Crippen molar-refractivity contribution in [2.75, 3.05) is 26.2 Å². The van der Waals surface area contributed by atoms with Gasteiger partial charge in [0.05, 0.1) is 26.9 Å². The maximum Gasteiger partial charge on any atom is 0.261 e. The largest absolute Gasteiger partial charge is 0.302 e. The molecule has 1 aromatic heterocycles. The van der Waals surface area contributed by atoms with Gasteiger partial charge in [0.25, 0.3) is 11.8 Å². The molecule has 29 heavy (non-hydrogen) atoms. The van der Waals surface area contributed by atoms with Crippen LogP contribution in [0.25, 0.3) is 10.1 Å². The summed E-state index contributed by atoms with van der Waals surface area (Å²) in [6.45, 7) is 2.75. The summed E-state index contributed by atoms with van der Waals surface area (Å²) < 4.78 is 19.7. The molecule has 0 unspecified atom stereocenters. The Morgan fingerprint density at radius 1 is 0.966 bits per heavy atom. The molecule has 2 amide bonds. The third kappa shape index (κ3) is 3.14. The maximum absolute atomic E-state index is 14.3. The Morgan fingerprint density at radius 3 is 2.34 bits per heavy atom. The number of halogens is 1. The van der Waals surface area contributed by atoms with Gasteiger partial charge in [-0.3, -0.25) is 14.5 Å². The standard InChI is InChI=1S/C22H20FN3O2S/c23-17-6-3-7-18-19(17)20(24-29-18)14-8-10-25(11-9-14)12-13-26-21(27)15-4-1-2-5-16(15)22(26)28/h1-7,14H,8-13H2. The van der Waals surface area contributed by atoms with Crippen molar-refractivity contribution < 1.29 is 14.0 Å². The van der Waals surface area contributed by atoms with Crippen LogP contribution in [0.2, 0.25) is 0 Å². The second-order valence-electron chi connectivity index (χ2n) is 7.60. The maximum atomic E-state index is 14.3. The van der Waals surface area contributed by atoms with Crippen molar-refractivity contribution in [1.82, 2.24) is 14.2 Å². The molecule has 0 atom stereocenters. The van der Waals surface area contributed by atoms with E-state index in [1.807, 2.05) is 6.07 Å². The number of rotatable bonds is 4. The molecule has 5 nitrogen and oxygen atoms in total. The van der Waals surface area contributed by atoms with Gasteiger partial charge in [-0.1, -0.05) is 18.2 Å². The lowest BCUT2D eigenvalue weighted by molar-refractivity contribution is 0.0629. The van der Waals surface area contributed by atoms with Crippen LogP contribution in [-0.2, 0) is 0 Å². The van der Waals surface area contributed by atoms with Crippen LogP contribution in [0.4, 0.5) is 4.39 Å². The van der Waals surface area contributed by atoms with E-state index in [0.717, 1.165) is 36.3 Å². The van der Waals surface area contributed by atoms with E-state index in [1.165, 1.54) is 22.5 Å². The summed E-state index contributed by atoms with van der Waals surface area (Å²) in [4.78, 5) is 28.6. The van der Waals surface area contributed by atoms with Crippen molar-refractivity contribution in [3.63, 3.8) is 0 Å². The molecule has 148 valence electrons. The van der Waals surface area contributed by atoms with Crippen molar-refractivity contribution >= 4 is 33.4 Å². The topological polar surface area (TPSA) is 53.5 Å². The predicted octanol–water partition coefficient (Wildman–Crippen LogP) is 3.91. The van der Waals surface area contributed by atoms with Crippen LogP contribution in [0.15, 0.2) is 42.5 Å². The van der Waals surface area contributed by atoms with E-state index in [-0.39, 0.29) is 23.5 Å². The van der Waals surface area contributed by atoms with Crippen LogP contribution >= 0.6 is 11.5 Å². The van der Waals surface area contributed by atoms with Gasteiger partial charge in [-0.15, -0.1) is 0 Å². The van der Waals surface area contributed by atoms with Crippen molar-refractivity contribution in [2.45, 2.75) is 18.8 Å². The first-order valence-electron chi connectivity index (χ1n) is 9.85. The Bertz CT molecular complexity index is 1070. The minimum Gasteiger partial charge on any atom is -0.302 e. The average molecular weight is 409 g/mol. The van der Waals surface area contributed by atoms with Gasteiger partial charge in [0, 0.05) is 19.0 Å². The Labute approximate surface area is 171 Å². The van der Waals surface area contributed by atoms with E-state index >= 15 is 0 Å². The molecule has 0 radical (unpaired) electrons. The second kappa shape index (κ2) is 7.31. The molecule has 2 aliphatic heterocycles. The number of fused-ring (bicyclic) bond motifs is 2. The van der Waals surface area contributed by atoms with E-state index in [2.05, 4.69) is 9.27 Å². The van der Waals surface area contributed by atoms with E-state index in [9.17, 15) is 14.0 Å². The molecule has 3 heterocycles. The number of hydrogen-bond donors (Lipinski definition) is 0. The number of hydrogen-bond acceptors (Lipinski definition) is 5. The fourth-order valence-electron chi connectivity index (χ4n) is 4.37. The molecule has 2 aromatic carbocycles. The van der Waals surface area contributed by atoms with Gasteiger partial charge in [-0.25, -0.2) is 4.39 Å². The van der Waals surface area contributed by atoms with Gasteiger partial charge in [0.1, 0.15) is 5.82 Å². The minimum absolute atomic E-state index is 0.195. The number of piperidine rings is 1. The van der Waals surface area contributed by atoms with Crippen molar-refractivity contribution in [1.29, 1.82) is 0 Å². The smallest absolute Gasteiger partial charge is 0.261 e. The van der Waals surface area contributed by atoms with Crippen LogP contribution in [0, 0.1) is 5.82 Å². The normalized spacial score (nSPS) is 18.0. The lowest BCUT2D eigenvalue weighted by Crippen LogP contribution is -2.41. The molecule has 1 fully saturated rings. The van der Waals surface area contributed by atoms with E-state index in [4.69, 9.17) is 0 Å². The first-order chi connectivity index (χ1) is 14.1. The van der Waals surface area contributed by atoms with Crippen LogP contribution in [-0.4, -0.2) is 52.2 Å². The molecule has 0 aliphatic carbocycles. The molecule has 3 aromatic rings. The summed E-state index contributed by atoms with van der Waals surface area (Å²) in [6.07, 6.45) is 1.80. The second-order valence-corrected chi connectivity index (χ2v) is 8.41. The van der Waals surface area contributed by atoms with Crippen molar-refractivity contribution in [3.05, 3.63) is 65.1 Å². The van der Waals surface area contributed by atoms with Crippen LogP contribution in [0.1, 0.15) is 45.2 Å². The monoisotopic (exact) mass is 409 g/mol. The zero-order valence-corrected chi connectivity index (χ0v) is 16.6. The molecule has 0 bridgehead atoms. The number of amides is 2. The van der Waals surface area contributed by atoms with Crippen LogP contribution < -0.4 is 0 Å². The minimum atomic E-state index is -0.204. The fourth-order valence-corrected chi connectivity index (χ4v) is 5.24. The number of nitrogens with zero attached hydrogens (tertiary/aromatic N) is 3. The Balaban J connectivity index is 1.21. The Kier molecular flexibility index (Phi) is 4.64. The number of imide groups is 1. The summed E-state index contributed by atoms with van der Waals surface area (Å²) in [5, 5.41) is 0.668. The zero-order valence-electron chi connectivity index (χ0n) is 15.8. The average Bonchev–Trinajstić information content (AvgIpc) is 3.28. The SMILES string of the molecule is O=C1c2ccccc2C(=O)N1CCN1CCC(c2nsc3cccc(F)c23)CC1. The molecule has 0 N–H and O–H groups in total. The quantitative estimate of drug-likeness (QED) is 0.613. The fraction of sp³-hybridized carbons (Fsp3) is 0.318. The first-order valence-corrected chi connectivity index (χ1v) is 10.6. The summed E-state index contributed by atoms with van der Waals surface area (Å²) >= 11 is 1.36. The van der Waals surface area contributed by atoms with E-state index in [1.54, 1.807) is 30.3 Å². The number of likely N-dealkylation sites (tertiary alicyclic amines) is 1. The third-order valence-corrected chi connectivity index (χ3v) is 6.79. The molecule has 0 spiro atoms. The first kappa shape index (κ1) is 18.4. The number of aromatic nitrogens is 1. The molecular weight excluding hydrogens is 389 g/mol. The molecule has 2 aliphatic rings. The Hall–Kier alpha value is -2.64. The highest BCUT2D eigenvalue weighted by Gasteiger charge is 2.35. The highest BCUT2D eigenvalue weighted by Crippen LogP contribution is 2.35. The van der Waals surface area contributed by atoms with Gasteiger partial charge in [-0.2, -0.15) is 4.37 Å². The lowest BCUT2D eigenvalue weighted by atomic mass is 9.91. The van der Waals surface area contributed by atoms with Gasteiger partial charge in [0.15, 0.2) is 0 Å². The van der Waals surface area contributed by atoms with Crippen molar-refractivity contribution in [3.8, 4) is 0 Å². The number of benzene rings is 2. The molecule has 7 heteroatoms. The summed E-state index contributed by atoms with van der Waals surface area (Å²) in [7, 11) is 0. The molecular formula is C22H20FN3O2S. The number of carbonyl (C=O) groups excluding carboxylic acids is 2. The van der Waals surface area contributed by atoms with Crippen LogP contribution in [0.5, 0.6) is 0 Å². The van der Waals surface area contributed by atoms with Gasteiger partial charge < -0.3 is 4.90 Å². The van der Waals surface area contributed by atoms with Gasteiger partial charge in [-0.05, 0) is 61.7 Å². The van der Waals surface area contributed by atoms with Gasteiger partial charge >= 0.3 is 0 Å².